The van der Waals surface area contributed by atoms with Gasteiger partial charge in [0.1, 0.15) is 17.2 Å². The average Bonchev–Trinajstić information content (AvgIpc) is 2.40. The van der Waals surface area contributed by atoms with Crippen LogP contribution in [-0.4, -0.2) is 20.0 Å². The summed E-state index contributed by atoms with van der Waals surface area (Å²) in [7, 11) is -4.71. The van der Waals surface area contributed by atoms with E-state index in [9.17, 15) is 14.8 Å². The van der Waals surface area contributed by atoms with Gasteiger partial charge in [-0.15, -0.1) is 0 Å². The predicted octanol–water partition coefficient (Wildman–Crippen LogP) is 2.92. The van der Waals surface area contributed by atoms with E-state index in [1.807, 2.05) is 13.0 Å². The van der Waals surface area contributed by atoms with Crippen LogP contribution in [0.15, 0.2) is 42.5 Å². The molecule has 2 aromatic carbocycles. The van der Waals surface area contributed by atoms with E-state index in [-0.39, 0.29) is 23.2 Å². The lowest BCUT2D eigenvalue weighted by Crippen LogP contribution is -2.01. The van der Waals surface area contributed by atoms with E-state index in [4.69, 9.17) is 9.79 Å². The number of rotatable bonds is 5. The number of hydrogen-bond acceptors (Lipinski definition) is 4. The molecule has 6 nitrogen and oxygen atoms in total. The van der Waals surface area contributed by atoms with Crippen molar-refractivity contribution in [2.45, 2.75) is 19.3 Å². The van der Waals surface area contributed by atoms with Crippen LogP contribution in [0.3, 0.4) is 0 Å². The van der Waals surface area contributed by atoms with Gasteiger partial charge in [-0.3, -0.25) is 9.79 Å². The van der Waals surface area contributed by atoms with Gasteiger partial charge in [-0.1, -0.05) is 25.1 Å². The number of phenols is 2. The third-order valence-electron chi connectivity index (χ3n) is 3.23. The first kappa shape index (κ1) is 16.4. The molecule has 4 N–H and O–H groups in total. The van der Waals surface area contributed by atoms with Gasteiger partial charge in [0.2, 0.25) is 0 Å². The highest BCUT2D eigenvalue weighted by Gasteiger charge is 2.20. The Bertz CT molecular complexity index is 709. The molecule has 2 aromatic rings. The molecular weight excluding hydrogens is 307 g/mol. The van der Waals surface area contributed by atoms with Gasteiger partial charge in [0.25, 0.3) is 0 Å². The summed E-state index contributed by atoms with van der Waals surface area (Å²) in [6.07, 6.45) is 0.430. The van der Waals surface area contributed by atoms with Crippen molar-refractivity contribution in [3.63, 3.8) is 0 Å². The van der Waals surface area contributed by atoms with E-state index in [2.05, 4.69) is 4.52 Å². The molecular formula is C15H17O6P. The van der Waals surface area contributed by atoms with Crippen molar-refractivity contribution in [1.82, 2.24) is 0 Å². The zero-order valence-corrected chi connectivity index (χ0v) is 12.8. The van der Waals surface area contributed by atoms with Crippen LogP contribution in [0.1, 0.15) is 24.0 Å². The summed E-state index contributed by atoms with van der Waals surface area (Å²) >= 11 is 0. The topological polar surface area (TPSA) is 107 Å². The second-order valence-corrected chi connectivity index (χ2v) is 6.24. The number of benzene rings is 2. The van der Waals surface area contributed by atoms with Gasteiger partial charge in [0, 0.05) is 6.07 Å². The lowest BCUT2D eigenvalue weighted by molar-refractivity contribution is 0.281. The first-order valence-corrected chi connectivity index (χ1v) is 8.13. The Kier molecular flexibility index (Phi) is 4.76. The Morgan fingerprint density at radius 2 is 1.77 bits per heavy atom. The summed E-state index contributed by atoms with van der Waals surface area (Å²) in [5.41, 5.74) is 1.44. The molecule has 1 unspecified atom stereocenters. The minimum Gasteiger partial charge on any atom is -0.508 e. The van der Waals surface area contributed by atoms with Crippen LogP contribution < -0.4 is 4.52 Å². The van der Waals surface area contributed by atoms with Crippen LogP contribution in [0.4, 0.5) is 0 Å². The monoisotopic (exact) mass is 324 g/mol. The Hall–Kier alpha value is -2.01. The van der Waals surface area contributed by atoms with Crippen LogP contribution in [0.5, 0.6) is 17.2 Å². The zero-order chi connectivity index (χ0) is 16.3. The van der Waals surface area contributed by atoms with Gasteiger partial charge in [-0.25, -0.2) is 4.57 Å². The molecule has 0 saturated heterocycles. The van der Waals surface area contributed by atoms with Gasteiger partial charge < -0.3 is 14.7 Å². The minimum absolute atomic E-state index is 0.0178. The summed E-state index contributed by atoms with van der Waals surface area (Å²) in [4.78, 5) is 17.9. The van der Waals surface area contributed by atoms with Crippen molar-refractivity contribution in [2.24, 2.45) is 0 Å². The minimum atomic E-state index is -4.71. The van der Waals surface area contributed by atoms with Crippen molar-refractivity contribution in [3.05, 3.63) is 53.6 Å². The summed E-state index contributed by atoms with van der Waals surface area (Å²) in [6, 6.07) is 10.9. The lowest BCUT2D eigenvalue weighted by Gasteiger charge is -2.16. The molecule has 2 rings (SSSR count). The summed E-state index contributed by atoms with van der Waals surface area (Å²) in [5.74, 6) is -0.0601. The van der Waals surface area contributed by atoms with E-state index < -0.39 is 7.82 Å². The molecule has 0 fully saturated rings. The number of phosphoric acid groups is 1. The SMILES string of the molecule is CC(Cc1ccc(O)cc1OP(=O)(O)O)c1cccc(O)c1. The number of phenolic OH excluding ortho intramolecular Hbond substituents is 2. The van der Waals surface area contributed by atoms with Crippen LogP contribution in [0, 0.1) is 0 Å². The normalized spacial score (nSPS) is 12.9. The maximum atomic E-state index is 11.0. The van der Waals surface area contributed by atoms with Crippen molar-refractivity contribution in [2.75, 3.05) is 0 Å². The molecule has 0 bridgehead atoms. The first-order chi connectivity index (χ1) is 10.2. The van der Waals surface area contributed by atoms with E-state index >= 15 is 0 Å². The molecule has 0 amide bonds. The van der Waals surface area contributed by atoms with Crippen molar-refractivity contribution in [1.29, 1.82) is 0 Å². The largest absolute Gasteiger partial charge is 0.524 e. The second kappa shape index (κ2) is 6.40. The van der Waals surface area contributed by atoms with Gasteiger partial charge in [0.15, 0.2) is 0 Å². The van der Waals surface area contributed by atoms with Crippen LogP contribution in [0.2, 0.25) is 0 Å². The third kappa shape index (κ3) is 4.49. The zero-order valence-electron chi connectivity index (χ0n) is 11.9. The number of hydrogen-bond donors (Lipinski definition) is 4. The Balaban J connectivity index is 2.27. The quantitative estimate of drug-likeness (QED) is 0.630. The Morgan fingerprint density at radius 1 is 1.09 bits per heavy atom. The molecule has 1 atom stereocenters. The maximum absolute atomic E-state index is 11.0. The summed E-state index contributed by atoms with van der Waals surface area (Å²) in [6.45, 7) is 1.92. The fourth-order valence-corrected chi connectivity index (χ4v) is 2.63. The fraction of sp³-hybridized carbons (Fsp3) is 0.200. The molecule has 118 valence electrons. The smallest absolute Gasteiger partial charge is 0.508 e. The summed E-state index contributed by atoms with van der Waals surface area (Å²) < 4.78 is 15.7. The van der Waals surface area contributed by atoms with Crippen molar-refractivity contribution < 1.29 is 29.1 Å². The highest BCUT2D eigenvalue weighted by atomic mass is 31.2. The Morgan fingerprint density at radius 3 is 2.41 bits per heavy atom. The van der Waals surface area contributed by atoms with Crippen LogP contribution >= 0.6 is 7.82 Å². The highest BCUT2D eigenvalue weighted by Crippen LogP contribution is 2.41. The average molecular weight is 324 g/mol. The van der Waals surface area contributed by atoms with Crippen molar-refractivity contribution >= 4 is 7.82 Å². The van der Waals surface area contributed by atoms with Crippen molar-refractivity contribution in [3.8, 4) is 17.2 Å². The highest BCUT2D eigenvalue weighted by molar-refractivity contribution is 7.46. The van der Waals surface area contributed by atoms with E-state index in [1.54, 1.807) is 24.3 Å². The van der Waals surface area contributed by atoms with Gasteiger partial charge in [0.05, 0.1) is 0 Å². The Labute approximate surface area is 127 Å². The molecule has 0 aliphatic rings. The predicted molar refractivity (Wildman–Crippen MR) is 81.0 cm³/mol. The molecule has 0 saturated carbocycles. The van der Waals surface area contributed by atoms with E-state index in [0.29, 0.717) is 12.0 Å². The van der Waals surface area contributed by atoms with Gasteiger partial charge >= 0.3 is 7.82 Å². The molecule has 0 aliphatic heterocycles. The maximum Gasteiger partial charge on any atom is 0.524 e. The standard InChI is InChI=1S/C15H17O6P/c1-10(11-3-2-4-13(16)8-11)7-12-5-6-14(17)9-15(12)21-22(18,19)20/h2-6,8-10,16-17H,7H2,1H3,(H2,18,19,20). The first-order valence-electron chi connectivity index (χ1n) is 6.60. The third-order valence-corrected chi connectivity index (χ3v) is 3.67. The molecule has 0 spiro atoms. The molecule has 7 heteroatoms. The van der Waals surface area contributed by atoms with Gasteiger partial charge in [-0.05, 0) is 41.7 Å². The second-order valence-electron chi connectivity index (χ2n) is 5.07. The van der Waals surface area contributed by atoms with Gasteiger partial charge in [-0.2, -0.15) is 0 Å². The number of phosphoric ester groups is 1. The molecule has 0 aliphatic carbocycles. The lowest BCUT2D eigenvalue weighted by atomic mass is 9.93. The van der Waals surface area contributed by atoms with Crippen LogP contribution in [0.25, 0.3) is 0 Å². The van der Waals surface area contributed by atoms with E-state index in [0.717, 1.165) is 5.56 Å². The molecule has 0 aromatic heterocycles. The molecule has 0 heterocycles. The number of aromatic hydroxyl groups is 2. The van der Waals surface area contributed by atoms with E-state index in [1.165, 1.54) is 12.1 Å². The fourth-order valence-electron chi connectivity index (χ4n) is 2.20. The molecule has 22 heavy (non-hydrogen) atoms. The summed E-state index contributed by atoms with van der Waals surface area (Å²) in [5, 5.41) is 19.0. The molecule has 0 radical (unpaired) electrons. The van der Waals surface area contributed by atoms with Crippen LogP contribution in [-0.2, 0) is 11.0 Å².